The second-order valence-corrected chi connectivity index (χ2v) is 6.47. The summed E-state index contributed by atoms with van der Waals surface area (Å²) in [6.07, 6.45) is 1.85. The molecule has 2 aromatic carbocycles. The number of hydrogen-bond acceptors (Lipinski definition) is 2. The van der Waals surface area contributed by atoms with Gasteiger partial charge < -0.3 is 5.73 Å². The molecule has 1 heterocycles. The molecule has 0 saturated heterocycles. The Morgan fingerprint density at radius 3 is 2.43 bits per heavy atom. The first-order chi connectivity index (χ1) is 10.2. The lowest BCUT2D eigenvalue weighted by Gasteiger charge is -2.14. The second-order valence-electron chi connectivity index (χ2n) is 5.21. The molecule has 0 fully saturated rings. The zero-order chi connectivity index (χ0) is 14.8. The van der Waals surface area contributed by atoms with Crippen molar-refractivity contribution in [2.24, 2.45) is 5.73 Å². The number of thiophene rings is 1. The van der Waals surface area contributed by atoms with Gasteiger partial charge in [0.25, 0.3) is 0 Å². The van der Waals surface area contributed by atoms with Crippen LogP contribution in [0.25, 0.3) is 10.8 Å². The Balaban J connectivity index is 1.94. The lowest BCUT2D eigenvalue weighted by molar-refractivity contribution is 0.638. The Hall–Kier alpha value is -1.71. The molecule has 108 valence electrons. The van der Waals surface area contributed by atoms with Crippen LogP contribution in [0.2, 0.25) is 0 Å². The van der Waals surface area contributed by atoms with Gasteiger partial charge in [0.2, 0.25) is 0 Å². The third-order valence-electron chi connectivity index (χ3n) is 3.79. The standard InChI is InChI=1S/C18H18FNS/c1-2-12-7-8-13(21-12)11-18(20)16-9-10-17(19)15-6-4-3-5-14(15)16/h3-10,18H,2,11,20H2,1H3. The van der Waals surface area contributed by atoms with Gasteiger partial charge in [0.05, 0.1) is 0 Å². The van der Waals surface area contributed by atoms with E-state index in [9.17, 15) is 4.39 Å². The zero-order valence-corrected chi connectivity index (χ0v) is 12.8. The van der Waals surface area contributed by atoms with Crippen molar-refractivity contribution in [1.82, 2.24) is 0 Å². The van der Waals surface area contributed by atoms with Gasteiger partial charge in [-0.25, -0.2) is 4.39 Å². The van der Waals surface area contributed by atoms with Crippen molar-refractivity contribution in [3.05, 3.63) is 69.7 Å². The fourth-order valence-corrected chi connectivity index (χ4v) is 3.67. The van der Waals surface area contributed by atoms with E-state index in [4.69, 9.17) is 5.73 Å². The highest BCUT2D eigenvalue weighted by Gasteiger charge is 2.13. The third kappa shape index (κ3) is 2.85. The minimum absolute atomic E-state index is 0.112. The summed E-state index contributed by atoms with van der Waals surface area (Å²) < 4.78 is 13.9. The van der Waals surface area contributed by atoms with Gasteiger partial charge in [-0.1, -0.05) is 37.3 Å². The predicted molar refractivity (Wildman–Crippen MR) is 88.2 cm³/mol. The molecule has 3 aromatic rings. The Morgan fingerprint density at radius 2 is 1.71 bits per heavy atom. The maximum Gasteiger partial charge on any atom is 0.131 e. The predicted octanol–water partition coefficient (Wildman–Crippen LogP) is 4.85. The highest BCUT2D eigenvalue weighted by Crippen LogP contribution is 2.29. The number of benzene rings is 2. The molecule has 0 aliphatic heterocycles. The van der Waals surface area contributed by atoms with Crippen molar-refractivity contribution in [3.63, 3.8) is 0 Å². The van der Waals surface area contributed by atoms with E-state index in [1.165, 1.54) is 15.8 Å². The van der Waals surface area contributed by atoms with Crippen molar-refractivity contribution >= 4 is 22.1 Å². The average Bonchev–Trinajstić information content (AvgIpc) is 2.95. The van der Waals surface area contributed by atoms with Crippen LogP contribution in [0.5, 0.6) is 0 Å². The van der Waals surface area contributed by atoms with Crippen LogP contribution < -0.4 is 5.73 Å². The van der Waals surface area contributed by atoms with Crippen LogP contribution in [0.4, 0.5) is 4.39 Å². The summed E-state index contributed by atoms with van der Waals surface area (Å²) in [6, 6.07) is 15.1. The minimum Gasteiger partial charge on any atom is -0.324 e. The number of rotatable bonds is 4. The summed E-state index contributed by atoms with van der Waals surface area (Å²) in [5.41, 5.74) is 7.39. The summed E-state index contributed by atoms with van der Waals surface area (Å²) in [7, 11) is 0. The molecule has 1 aromatic heterocycles. The first-order valence-electron chi connectivity index (χ1n) is 7.19. The van der Waals surface area contributed by atoms with Crippen molar-refractivity contribution in [3.8, 4) is 0 Å². The maximum atomic E-state index is 13.9. The molecule has 0 bridgehead atoms. The molecule has 0 aliphatic carbocycles. The van der Waals surface area contributed by atoms with Gasteiger partial charge in [0, 0.05) is 27.6 Å². The highest BCUT2D eigenvalue weighted by atomic mass is 32.1. The quantitative estimate of drug-likeness (QED) is 0.732. The van der Waals surface area contributed by atoms with E-state index >= 15 is 0 Å². The van der Waals surface area contributed by atoms with Crippen LogP contribution in [-0.4, -0.2) is 0 Å². The van der Waals surface area contributed by atoms with Gasteiger partial charge in [-0.2, -0.15) is 0 Å². The molecule has 21 heavy (non-hydrogen) atoms. The Kier molecular flexibility index (Phi) is 4.04. The molecule has 0 saturated carbocycles. The van der Waals surface area contributed by atoms with Crippen molar-refractivity contribution < 1.29 is 4.39 Å². The van der Waals surface area contributed by atoms with Gasteiger partial charge in [-0.15, -0.1) is 11.3 Å². The molecule has 0 spiro atoms. The summed E-state index contributed by atoms with van der Waals surface area (Å²) in [5.74, 6) is -0.189. The maximum absolute atomic E-state index is 13.9. The van der Waals surface area contributed by atoms with Crippen molar-refractivity contribution in [2.75, 3.05) is 0 Å². The highest BCUT2D eigenvalue weighted by molar-refractivity contribution is 7.11. The molecule has 0 amide bonds. The minimum atomic E-state index is -0.189. The molecular formula is C18H18FNS. The van der Waals surface area contributed by atoms with Gasteiger partial charge in [0.1, 0.15) is 5.82 Å². The Morgan fingerprint density at radius 1 is 1.00 bits per heavy atom. The summed E-state index contributed by atoms with van der Waals surface area (Å²) in [5, 5.41) is 1.56. The smallest absolute Gasteiger partial charge is 0.131 e. The molecule has 1 unspecified atom stereocenters. The fourth-order valence-electron chi connectivity index (χ4n) is 2.66. The first-order valence-corrected chi connectivity index (χ1v) is 8.01. The normalized spacial score (nSPS) is 12.7. The largest absolute Gasteiger partial charge is 0.324 e. The lowest BCUT2D eigenvalue weighted by Crippen LogP contribution is -2.13. The second kappa shape index (κ2) is 5.96. The topological polar surface area (TPSA) is 26.0 Å². The van der Waals surface area contributed by atoms with Gasteiger partial charge in [-0.05, 0) is 35.6 Å². The van der Waals surface area contributed by atoms with Gasteiger partial charge in [-0.3, -0.25) is 0 Å². The van der Waals surface area contributed by atoms with E-state index in [0.717, 1.165) is 23.8 Å². The zero-order valence-electron chi connectivity index (χ0n) is 12.0. The third-order valence-corrected chi connectivity index (χ3v) is 5.04. The monoisotopic (exact) mass is 299 g/mol. The molecule has 1 nitrogen and oxygen atoms in total. The van der Waals surface area contributed by atoms with E-state index in [-0.39, 0.29) is 11.9 Å². The van der Waals surface area contributed by atoms with Crippen LogP contribution in [-0.2, 0) is 12.8 Å². The van der Waals surface area contributed by atoms with Gasteiger partial charge in [0.15, 0.2) is 0 Å². The number of nitrogens with two attached hydrogens (primary N) is 1. The molecular weight excluding hydrogens is 281 g/mol. The number of halogens is 1. The van der Waals surface area contributed by atoms with Gasteiger partial charge >= 0.3 is 0 Å². The van der Waals surface area contributed by atoms with Crippen molar-refractivity contribution in [2.45, 2.75) is 25.8 Å². The lowest BCUT2D eigenvalue weighted by atomic mass is 9.96. The molecule has 3 rings (SSSR count). The van der Waals surface area contributed by atoms with Crippen molar-refractivity contribution in [1.29, 1.82) is 0 Å². The molecule has 2 N–H and O–H groups in total. The molecule has 3 heteroatoms. The molecule has 1 atom stereocenters. The molecule has 0 aliphatic rings. The van der Waals surface area contributed by atoms with E-state index in [1.54, 1.807) is 6.07 Å². The summed E-state index contributed by atoms with van der Waals surface area (Å²) in [4.78, 5) is 2.66. The van der Waals surface area contributed by atoms with Crippen LogP contribution >= 0.6 is 11.3 Å². The van der Waals surface area contributed by atoms with E-state index in [0.29, 0.717) is 5.39 Å². The number of aryl methyl sites for hydroxylation is 1. The summed E-state index contributed by atoms with van der Waals surface area (Å²) in [6.45, 7) is 2.16. The van der Waals surface area contributed by atoms with Crippen LogP contribution in [0.1, 0.15) is 28.3 Å². The Bertz CT molecular complexity index is 763. The van der Waals surface area contributed by atoms with E-state index in [2.05, 4.69) is 19.1 Å². The summed E-state index contributed by atoms with van der Waals surface area (Å²) >= 11 is 1.81. The van der Waals surface area contributed by atoms with Crippen LogP contribution in [0.15, 0.2) is 48.5 Å². The first kappa shape index (κ1) is 14.2. The number of fused-ring (bicyclic) bond motifs is 1. The van der Waals surface area contributed by atoms with E-state index < -0.39 is 0 Å². The number of hydrogen-bond donors (Lipinski definition) is 1. The molecule has 0 radical (unpaired) electrons. The van der Waals surface area contributed by atoms with E-state index in [1.807, 2.05) is 35.6 Å². The Labute approximate surface area is 128 Å². The van der Waals surface area contributed by atoms with Crippen LogP contribution in [0, 0.1) is 5.82 Å². The van der Waals surface area contributed by atoms with Crippen LogP contribution in [0.3, 0.4) is 0 Å². The SMILES string of the molecule is CCc1ccc(CC(N)c2ccc(F)c3ccccc23)s1. The fraction of sp³-hybridized carbons (Fsp3) is 0.222. The average molecular weight is 299 g/mol.